The number of anilines is 1. The van der Waals surface area contributed by atoms with Crippen LogP contribution < -0.4 is 10.2 Å². The van der Waals surface area contributed by atoms with Gasteiger partial charge < -0.3 is 5.32 Å². The summed E-state index contributed by atoms with van der Waals surface area (Å²) in [5, 5.41) is 3.29. The van der Waals surface area contributed by atoms with Gasteiger partial charge in [-0.1, -0.05) is 44.2 Å². The molecule has 1 N–H and O–H groups in total. The largest absolute Gasteiger partial charge is 0.335 e. The van der Waals surface area contributed by atoms with Crippen molar-refractivity contribution >= 4 is 11.7 Å². The summed E-state index contributed by atoms with van der Waals surface area (Å²) < 4.78 is 0. The van der Waals surface area contributed by atoms with Gasteiger partial charge in [-0.2, -0.15) is 0 Å². The van der Waals surface area contributed by atoms with Crippen molar-refractivity contribution in [2.45, 2.75) is 63.6 Å². The highest BCUT2D eigenvalue weighted by atomic mass is 16.2. The molecule has 2 amide bonds. The maximum Gasteiger partial charge on any atom is 0.322 e. The van der Waals surface area contributed by atoms with Crippen molar-refractivity contribution in [2.75, 3.05) is 18.5 Å². The summed E-state index contributed by atoms with van der Waals surface area (Å²) in [7, 11) is 2.22. The second kappa shape index (κ2) is 8.15. The maximum atomic E-state index is 13.0. The number of nitrogens with zero attached hydrogens (tertiary/aromatic N) is 3. The molecule has 2 aromatic rings. The van der Waals surface area contributed by atoms with Crippen molar-refractivity contribution in [1.29, 1.82) is 0 Å². The number of hydrogen-bond donors (Lipinski definition) is 1. The molecule has 1 aliphatic heterocycles. The summed E-state index contributed by atoms with van der Waals surface area (Å²) in [6, 6.07) is 15.4. The number of aromatic nitrogens is 1. The van der Waals surface area contributed by atoms with E-state index in [1.54, 1.807) is 0 Å². The van der Waals surface area contributed by atoms with Crippen molar-refractivity contribution in [3.8, 4) is 0 Å². The molecule has 29 heavy (non-hydrogen) atoms. The zero-order chi connectivity index (χ0) is 20.4. The van der Waals surface area contributed by atoms with Gasteiger partial charge in [0.25, 0.3) is 0 Å². The average Bonchev–Trinajstić information content (AvgIpc) is 3.01. The van der Waals surface area contributed by atoms with Crippen LogP contribution in [0.1, 0.15) is 50.8 Å². The van der Waals surface area contributed by atoms with E-state index in [4.69, 9.17) is 0 Å². The van der Waals surface area contributed by atoms with E-state index in [0.717, 1.165) is 43.6 Å². The van der Waals surface area contributed by atoms with E-state index in [2.05, 4.69) is 66.4 Å². The second-order valence-electron chi connectivity index (χ2n) is 9.20. The Morgan fingerprint density at radius 2 is 1.86 bits per heavy atom. The van der Waals surface area contributed by atoms with Gasteiger partial charge in [0.1, 0.15) is 0 Å². The molecule has 5 heteroatoms. The molecule has 2 heterocycles. The van der Waals surface area contributed by atoms with Crippen LogP contribution in [-0.4, -0.2) is 41.6 Å². The molecule has 5 nitrogen and oxygen atoms in total. The fourth-order valence-corrected chi connectivity index (χ4v) is 4.79. The van der Waals surface area contributed by atoms with Crippen molar-refractivity contribution in [1.82, 2.24) is 15.2 Å². The lowest BCUT2D eigenvalue weighted by atomic mass is 9.90. The molecule has 0 saturated heterocycles. The number of fused-ring (bicyclic) bond motifs is 1. The lowest BCUT2D eigenvalue weighted by Crippen LogP contribution is -2.48. The van der Waals surface area contributed by atoms with E-state index in [9.17, 15) is 4.79 Å². The predicted octanol–water partition coefficient (Wildman–Crippen LogP) is 4.33. The van der Waals surface area contributed by atoms with Gasteiger partial charge >= 0.3 is 6.03 Å². The Morgan fingerprint density at radius 1 is 1.14 bits per heavy atom. The van der Waals surface area contributed by atoms with E-state index < -0.39 is 0 Å². The van der Waals surface area contributed by atoms with Gasteiger partial charge in [-0.3, -0.25) is 14.8 Å². The van der Waals surface area contributed by atoms with Crippen LogP contribution in [0, 0.1) is 0 Å². The van der Waals surface area contributed by atoms with E-state index in [-0.39, 0.29) is 17.5 Å². The normalized spacial score (nSPS) is 23.1. The van der Waals surface area contributed by atoms with Crippen LogP contribution in [0.4, 0.5) is 10.5 Å². The van der Waals surface area contributed by atoms with E-state index in [1.807, 2.05) is 23.2 Å². The lowest BCUT2D eigenvalue weighted by Gasteiger charge is -2.35. The SMILES string of the molecule is CN(Cc1ccccc1)[C@H]1CC[C@@H](NC(=O)N2CC(C)(C)c3ncccc32)CC1. The molecule has 1 aromatic carbocycles. The fourth-order valence-electron chi connectivity index (χ4n) is 4.79. The van der Waals surface area contributed by atoms with Crippen LogP contribution in [-0.2, 0) is 12.0 Å². The zero-order valence-corrected chi connectivity index (χ0v) is 17.8. The molecule has 0 spiro atoms. The maximum absolute atomic E-state index is 13.0. The molecule has 1 aromatic heterocycles. The predicted molar refractivity (Wildman–Crippen MR) is 117 cm³/mol. The third-order valence-corrected chi connectivity index (χ3v) is 6.44. The standard InChI is InChI=1S/C24H32N4O/c1-24(2)17-28(21-10-7-15-25-22(21)24)23(29)26-19-11-13-20(14-12-19)27(3)16-18-8-5-4-6-9-18/h4-10,15,19-20H,11-14,16-17H2,1-3H3,(H,26,29)/t19-,20+. The van der Waals surface area contributed by atoms with Gasteiger partial charge in [0.2, 0.25) is 0 Å². The monoisotopic (exact) mass is 392 g/mol. The number of benzene rings is 1. The summed E-state index contributed by atoms with van der Waals surface area (Å²) in [6.45, 7) is 5.97. The van der Waals surface area contributed by atoms with Gasteiger partial charge in [-0.25, -0.2) is 4.79 Å². The average molecular weight is 393 g/mol. The number of pyridine rings is 1. The van der Waals surface area contributed by atoms with E-state index >= 15 is 0 Å². The molecule has 0 bridgehead atoms. The van der Waals surface area contributed by atoms with Crippen LogP contribution in [0.2, 0.25) is 0 Å². The molecule has 1 saturated carbocycles. The first-order valence-corrected chi connectivity index (χ1v) is 10.7. The highest BCUT2D eigenvalue weighted by molar-refractivity contribution is 5.94. The zero-order valence-electron chi connectivity index (χ0n) is 17.8. The number of carbonyl (C=O) groups is 1. The first-order valence-electron chi connectivity index (χ1n) is 10.7. The second-order valence-corrected chi connectivity index (χ2v) is 9.20. The smallest absolute Gasteiger partial charge is 0.322 e. The van der Waals surface area contributed by atoms with Gasteiger partial charge in [0.05, 0.1) is 11.4 Å². The Labute approximate surface area is 174 Å². The highest BCUT2D eigenvalue weighted by Gasteiger charge is 2.39. The quantitative estimate of drug-likeness (QED) is 0.842. The molecule has 0 atom stereocenters. The minimum atomic E-state index is -0.105. The Kier molecular flexibility index (Phi) is 5.59. The minimum Gasteiger partial charge on any atom is -0.335 e. The van der Waals surface area contributed by atoms with Crippen LogP contribution in [0.3, 0.4) is 0 Å². The third kappa shape index (κ3) is 4.30. The molecule has 4 rings (SSSR count). The number of carbonyl (C=O) groups excluding carboxylic acids is 1. The Morgan fingerprint density at radius 3 is 2.59 bits per heavy atom. The summed E-state index contributed by atoms with van der Waals surface area (Å²) in [4.78, 5) is 21.9. The Hall–Kier alpha value is -2.40. The first kappa shape index (κ1) is 19.9. The number of amides is 2. The molecule has 1 fully saturated rings. The van der Waals surface area contributed by atoms with Crippen LogP contribution in [0.15, 0.2) is 48.7 Å². The van der Waals surface area contributed by atoms with Crippen LogP contribution in [0.25, 0.3) is 0 Å². The van der Waals surface area contributed by atoms with Crippen LogP contribution >= 0.6 is 0 Å². The number of nitrogens with one attached hydrogen (secondary N) is 1. The fraction of sp³-hybridized carbons (Fsp3) is 0.500. The van der Waals surface area contributed by atoms with Gasteiger partial charge in [0.15, 0.2) is 0 Å². The molecule has 0 radical (unpaired) electrons. The number of hydrogen-bond acceptors (Lipinski definition) is 3. The summed E-state index contributed by atoms with van der Waals surface area (Å²) >= 11 is 0. The molecule has 0 unspecified atom stereocenters. The van der Waals surface area contributed by atoms with E-state index in [0.29, 0.717) is 12.6 Å². The molecule has 154 valence electrons. The van der Waals surface area contributed by atoms with Crippen LogP contribution in [0.5, 0.6) is 0 Å². The van der Waals surface area contributed by atoms with Crippen molar-refractivity contribution < 1.29 is 4.79 Å². The van der Waals surface area contributed by atoms with Gasteiger partial charge in [0, 0.05) is 36.8 Å². The topological polar surface area (TPSA) is 48.5 Å². The summed E-state index contributed by atoms with van der Waals surface area (Å²) in [5.74, 6) is 0. The Balaban J connectivity index is 1.30. The summed E-state index contributed by atoms with van der Waals surface area (Å²) in [6.07, 6.45) is 6.13. The first-order chi connectivity index (χ1) is 13.9. The van der Waals surface area contributed by atoms with Crippen molar-refractivity contribution in [3.05, 3.63) is 59.9 Å². The third-order valence-electron chi connectivity index (χ3n) is 6.44. The molecule has 1 aliphatic carbocycles. The minimum absolute atomic E-state index is 0.0194. The van der Waals surface area contributed by atoms with Gasteiger partial charge in [-0.15, -0.1) is 0 Å². The Bertz CT molecular complexity index is 843. The molecule has 2 aliphatic rings. The number of urea groups is 1. The number of rotatable bonds is 4. The summed E-state index contributed by atoms with van der Waals surface area (Å²) in [5.41, 5.74) is 3.22. The van der Waals surface area contributed by atoms with Crippen molar-refractivity contribution in [2.24, 2.45) is 0 Å². The lowest BCUT2D eigenvalue weighted by molar-refractivity contribution is 0.168. The molecular formula is C24H32N4O. The van der Waals surface area contributed by atoms with Gasteiger partial charge in [-0.05, 0) is 50.4 Å². The van der Waals surface area contributed by atoms with E-state index in [1.165, 1.54) is 5.56 Å². The molecular weight excluding hydrogens is 360 g/mol. The highest BCUT2D eigenvalue weighted by Crippen LogP contribution is 2.38. The van der Waals surface area contributed by atoms with Crippen molar-refractivity contribution in [3.63, 3.8) is 0 Å².